The Morgan fingerprint density at radius 3 is 2.76 bits per heavy atom. The third-order valence-electron chi connectivity index (χ3n) is 4.77. The lowest BCUT2D eigenvalue weighted by Crippen LogP contribution is -2.42. The lowest BCUT2D eigenvalue weighted by molar-refractivity contribution is 0.179. The molecule has 1 aliphatic heterocycles. The zero-order chi connectivity index (χ0) is 15.4. The summed E-state index contributed by atoms with van der Waals surface area (Å²) in [7, 11) is 0. The van der Waals surface area contributed by atoms with Gasteiger partial charge in [-0.15, -0.1) is 0 Å². The highest BCUT2D eigenvalue weighted by molar-refractivity contribution is 5.11. The number of rotatable bonds is 5. The normalized spacial score (nSPS) is 24.5. The maximum atomic E-state index is 4.69. The van der Waals surface area contributed by atoms with Gasteiger partial charge in [-0.3, -0.25) is 9.58 Å². The van der Waals surface area contributed by atoms with E-state index in [4.69, 9.17) is 0 Å². The van der Waals surface area contributed by atoms with E-state index in [1.807, 2.05) is 0 Å². The maximum Gasteiger partial charge on any atom is 0.0625 e. The van der Waals surface area contributed by atoms with E-state index in [0.29, 0.717) is 18.0 Å². The minimum atomic E-state index is 0.596. The molecule has 21 heavy (non-hydrogen) atoms. The fraction of sp³-hybridized carbons (Fsp3) is 0.824. The van der Waals surface area contributed by atoms with Crippen molar-refractivity contribution in [1.29, 1.82) is 0 Å². The topological polar surface area (TPSA) is 33.1 Å². The van der Waals surface area contributed by atoms with E-state index in [-0.39, 0.29) is 0 Å². The molecule has 1 aromatic rings. The van der Waals surface area contributed by atoms with Crippen LogP contribution in [0.2, 0.25) is 0 Å². The molecule has 0 bridgehead atoms. The zero-order valence-corrected chi connectivity index (χ0v) is 14.4. The second-order valence-electron chi connectivity index (χ2n) is 6.67. The maximum absolute atomic E-state index is 4.69. The molecule has 2 unspecified atom stereocenters. The van der Waals surface area contributed by atoms with Crippen LogP contribution in [0.4, 0.5) is 0 Å². The van der Waals surface area contributed by atoms with E-state index in [0.717, 1.165) is 32.6 Å². The predicted octanol–water partition coefficient (Wildman–Crippen LogP) is 2.67. The number of aromatic nitrogens is 2. The monoisotopic (exact) mass is 292 g/mol. The van der Waals surface area contributed by atoms with E-state index in [9.17, 15) is 0 Å². The Labute approximate surface area is 129 Å². The number of nitrogens with one attached hydrogen (secondary N) is 1. The van der Waals surface area contributed by atoms with Gasteiger partial charge in [0.05, 0.1) is 11.4 Å². The van der Waals surface area contributed by atoms with Crippen molar-refractivity contribution in [2.75, 3.05) is 13.1 Å². The third kappa shape index (κ3) is 4.07. The molecular formula is C17H32N4. The third-order valence-corrected chi connectivity index (χ3v) is 4.77. The van der Waals surface area contributed by atoms with Gasteiger partial charge < -0.3 is 5.32 Å². The van der Waals surface area contributed by atoms with Crippen LogP contribution in [-0.2, 0) is 19.5 Å². The van der Waals surface area contributed by atoms with Crippen molar-refractivity contribution in [1.82, 2.24) is 20.0 Å². The Kier molecular flexibility index (Phi) is 5.82. The summed E-state index contributed by atoms with van der Waals surface area (Å²) in [6, 6.07) is 3.52. The average Bonchev–Trinajstić information content (AvgIpc) is 2.77. The Bertz CT molecular complexity index is 438. The Morgan fingerprint density at radius 1 is 1.38 bits per heavy atom. The molecule has 1 aliphatic rings. The van der Waals surface area contributed by atoms with E-state index < -0.39 is 0 Å². The molecule has 0 aliphatic carbocycles. The smallest absolute Gasteiger partial charge is 0.0625 e. The second-order valence-corrected chi connectivity index (χ2v) is 6.67. The van der Waals surface area contributed by atoms with Crippen LogP contribution in [0.5, 0.6) is 0 Å². The fourth-order valence-electron chi connectivity index (χ4n) is 3.12. The molecule has 0 saturated carbocycles. The molecule has 1 N–H and O–H groups in total. The molecule has 1 aromatic heterocycles. The molecule has 0 amide bonds. The first-order valence-electron chi connectivity index (χ1n) is 8.58. The molecule has 1 saturated heterocycles. The highest BCUT2D eigenvalue weighted by Crippen LogP contribution is 2.17. The van der Waals surface area contributed by atoms with Gasteiger partial charge >= 0.3 is 0 Å². The Hall–Kier alpha value is -0.870. The molecule has 2 atom stereocenters. The molecular weight excluding hydrogens is 260 g/mol. The van der Waals surface area contributed by atoms with Gasteiger partial charge in [0, 0.05) is 31.7 Å². The lowest BCUT2D eigenvalue weighted by atomic mass is 10.0. The van der Waals surface area contributed by atoms with Crippen LogP contribution in [0.15, 0.2) is 6.07 Å². The molecule has 4 heteroatoms. The summed E-state index contributed by atoms with van der Waals surface area (Å²) in [5.74, 6) is 0.681. The molecule has 1 fully saturated rings. The van der Waals surface area contributed by atoms with Gasteiger partial charge in [0.25, 0.3) is 0 Å². The van der Waals surface area contributed by atoms with Crippen LogP contribution in [0.25, 0.3) is 0 Å². The molecule has 0 spiro atoms. The highest BCUT2D eigenvalue weighted by atomic mass is 15.3. The van der Waals surface area contributed by atoms with Crippen LogP contribution in [0, 0.1) is 5.92 Å². The Morgan fingerprint density at radius 2 is 2.14 bits per heavy atom. The molecule has 0 aromatic carbocycles. The summed E-state index contributed by atoms with van der Waals surface area (Å²) in [6.07, 6.45) is 2.25. The SMILES string of the molecule is CCc1cc(CN2CC(C(C)C)NCCC2C)n(CC)n1. The zero-order valence-electron chi connectivity index (χ0n) is 14.4. The summed E-state index contributed by atoms with van der Waals surface area (Å²) in [5, 5.41) is 8.40. The number of hydrogen-bond acceptors (Lipinski definition) is 3. The van der Waals surface area contributed by atoms with Crippen LogP contribution < -0.4 is 5.32 Å². The van der Waals surface area contributed by atoms with E-state index in [1.165, 1.54) is 17.8 Å². The second kappa shape index (κ2) is 7.41. The van der Waals surface area contributed by atoms with Gasteiger partial charge in [-0.05, 0) is 45.2 Å². The van der Waals surface area contributed by atoms with E-state index in [1.54, 1.807) is 0 Å². The van der Waals surface area contributed by atoms with Gasteiger partial charge in [0.1, 0.15) is 0 Å². The predicted molar refractivity (Wildman–Crippen MR) is 88.4 cm³/mol. The van der Waals surface area contributed by atoms with Crippen molar-refractivity contribution in [2.45, 2.75) is 72.6 Å². The van der Waals surface area contributed by atoms with E-state index >= 15 is 0 Å². The molecule has 2 heterocycles. The van der Waals surface area contributed by atoms with Gasteiger partial charge in [-0.25, -0.2) is 0 Å². The molecule has 120 valence electrons. The van der Waals surface area contributed by atoms with Gasteiger partial charge in [-0.1, -0.05) is 20.8 Å². The van der Waals surface area contributed by atoms with Crippen LogP contribution in [0.1, 0.15) is 52.4 Å². The van der Waals surface area contributed by atoms with Crippen molar-refractivity contribution >= 4 is 0 Å². The molecule has 2 rings (SSSR count). The highest BCUT2D eigenvalue weighted by Gasteiger charge is 2.25. The van der Waals surface area contributed by atoms with Crippen molar-refractivity contribution in [3.05, 3.63) is 17.5 Å². The van der Waals surface area contributed by atoms with Gasteiger partial charge in [0.2, 0.25) is 0 Å². The number of aryl methyl sites for hydroxylation is 2. The quantitative estimate of drug-likeness (QED) is 0.906. The van der Waals surface area contributed by atoms with Crippen LogP contribution in [0.3, 0.4) is 0 Å². The van der Waals surface area contributed by atoms with Gasteiger partial charge in [-0.2, -0.15) is 5.10 Å². The van der Waals surface area contributed by atoms with Crippen molar-refractivity contribution in [2.24, 2.45) is 5.92 Å². The van der Waals surface area contributed by atoms with E-state index in [2.05, 4.69) is 60.7 Å². The van der Waals surface area contributed by atoms with Crippen LogP contribution in [-0.4, -0.2) is 39.9 Å². The largest absolute Gasteiger partial charge is 0.312 e. The first-order valence-corrected chi connectivity index (χ1v) is 8.58. The van der Waals surface area contributed by atoms with Crippen molar-refractivity contribution < 1.29 is 0 Å². The fourth-order valence-corrected chi connectivity index (χ4v) is 3.12. The molecule has 4 nitrogen and oxygen atoms in total. The average molecular weight is 292 g/mol. The minimum absolute atomic E-state index is 0.596. The van der Waals surface area contributed by atoms with Crippen LogP contribution >= 0.6 is 0 Å². The first kappa shape index (κ1) is 16.5. The summed E-state index contributed by atoms with van der Waals surface area (Å²) in [6.45, 7) is 15.6. The first-order chi connectivity index (χ1) is 10.0. The van der Waals surface area contributed by atoms with Crippen molar-refractivity contribution in [3.63, 3.8) is 0 Å². The standard InChI is InChI=1S/C17H32N4/c1-6-15-10-16(21(7-2)19-15)11-20-12-17(13(3)4)18-9-8-14(20)5/h10,13-14,17-18H,6-9,11-12H2,1-5H3. The van der Waals surface area contributed by atoms with Gasteiger partial charge in [0.15, 0.2) is 0 Å². The minimum Gasteiger partial charge on any atom is -0.312 e. The van der Waals surface area contributed by atoms with Crippen molar-refractivity contribution in [3.8, 4) is 0 Å². The number of hydrogen-bond donors (Lipinski definition) is 1. The number of nitrogens with zero attached hydrogens (tertiary/aromatic N) is 3. The summed E-state index contributed by atoms with van der Waals surface area (Å²) in [4.78, 5) is 2.63. The Balaban J connectivity index is 2.13. The summed E-state index contributed by atoms with van der Waals surface area (Å²) < 4.78 is 2.17. The summed E-state index contributed by atoms with van der Waals surface area (Å²) >= 11 is 0. The molecule has 0 radical (unpaired) electrons. The lowest BCUT2D eigenvalue weighted by Gasteiger charge is -2.30. The summed E-state index contributed by atoms with van der Waals surface area (Å²) in [5.41, 5.74) is 2.58.